The van der Waals surface area contributed by atoms with E-state index in [1.165, 1.54) is 17.1 Å². The predicted molar refractivity (Wildman–Crippen MR) is 74.6 cm³/mol. The Balaban J connectivity index is 2.67. The maximum Gasteiger partial charge on any atom is 0.279 e. The van der Waals surface area contributed by atoms with Crippen molar-refractivity contribution < 1.29 is 8.42 Å². The topological polar surface area (TPSA) is 49.4 Å². The zero-order chi connectivity index (χ0) is 12.9. The van der Waals surface area contributed by atoms with Gasteiger partial charge in [-0.3, -0.25) is 0 Å². The van der Waals surface area contributed by atoms with Crippen LogP contribution in [-0.2, 0) is 10.2 Å². The van der Waals surface area contributed by atoms with Crippen molar-refractivity contribution in [1.82, 2.24) is 9.03 Å². The lowest BCUT2D eigenvalue weighted by molar-refractivity contribution is 0.419. The van der Waals surface area contributed by atoms with Crippen LogP contribution in [0.3, 0.4) is 0 Å². The van der Waals surface area contributed by atoms with E-state index in [1.54, 1.807) is 0 Å². The number of halogens is 1. The summed E-state index contributed by atoms with van der Waals surface area (Å²) in [5, 5.41) is 0. The van der Waals surface area contributed by atoms with Crippen molar-refractivity contribution in [3.63, 3.8) is 0 Å². The normalized spacial score (nSPS) is 27.1. The van der Waals surface area contributed by atoms with Crippen LogP contribution in [0.5, 0.6) is 0 Å². The van der Waals surface area contributed by atoms with Crippen LogP contribution in [-0.4, -0.2) is 36.7 Å². The molecule has 0 heterocycles. The molecule has 0 aliphatic heterocycles. The van der Waals surface area contributed by atoms with E-state index in [0.717, 1.165) is 19.3 Å². The monoisotopic (exact) mass is 326 g/mol. The molecule has 1 fully saturated rings. The second-order valence-corrected chi connectivity index (χ2v) is 7.35. The highest BCUT2D eigenvalue weighted by Crippen LogP contribution is 2.24. The molecule has 6 heteroatoms. The van der Waals surface area contributed by atoms with Crippen LogP contribution in [0.1, 0.15) is 46.0 Å². The van der Waals surface area contributed by atoms with E-state index in [4.69, 9.17) is 0 Å². The summed E-state index contributed by atoms with van der Waals surface area (Å²) >= 11 is 3.60. The lowest BCUT2D eigenvalue weighted by Gasteiger charge is -2.26. The van der Waals surface area contributed by atoms with Gasteiger partial charge in [-0.15, -0.1) is 0 Å². The Labute approximate surface area is 113 Å². The fraction of sp³-hybridized carbons (Fsp3) is 1.00. The molecule has 1 N–H and O–H groups in total. The van der Waals surface area contributed by atoms with Gasteiger partial charge in [0.25, 0.3) is 10.2 Å². The lowest BCUT2D eigenvalue weighted by atomic mass is 10.1. The van der Waals surface area contributed by atoms with Gasteiger partial charge in [0.2, 0.25) is 0 Å². The van der Waals surface area contributed by atoms with Gasteiger partial charge >= 0.3 is 0 Å². The van der Waals surface area contributed by atoms with Gasteiger partial charge in [-0.2, -0.15) is 17.4 Å². The molecule has 0 amide bonds. The third kappa shape index (κ3) is 4.50. The number of hydrogen-bond acceptors (Lipinski definition) is 2. The van der Waals surface area contributed by atoms with Gasteiger partial charge in [-0.25, -0.2) is 0 Å². The summed E-state index contributed by atoms with van der Waals surface area (Å²) in [6.45, 7) is 4.76. The minimum Gasteiger partial charge on any atom is -0.198 e. The quantitative estimate of drug-likeness (QED) is 0.622. The molecule has 1 saturated carbocycles. The van der Waals surface area contributed by atoms with Crippen molar-refractivity contribution in [2.24, 2.45) is 0 Å². The number of nitrogens with zero attached hydrogens (tertiary/aromatic N) is 1. The Morgan fingerprint density at radius 3 is 2.35 bits per heavy atom. The van der Waals surface area contributed by atoms with E-state index in [-0.39, 0.29) is 10.9 Å². The Bertz CT molecular complexity index is 317. The smallest absolute Gasteiger partial charge is 0.198 e. The highest BCUT2D eigenvalue weighted by atomic mass is 79.9. The average Bonchev–Trinajstić information content (AvgIpc) is 2.45. The predicted octanol–water partition coefficient (Wildman–Crippen LogP) is 2.26. The highest BCUT2D eigenvalue weighted by molar-refractivity contribution is 9.09. The number of rotatable bonds is 5. The molecule has 102 valence electrons. The fourth-order valence-electron chi connectivity index (χ4n) is 2.22. The van der Waals surface area contributed by atoms with Gasteiger partial charge < -0.3 is 0 Å². The second kappa shape index (κ2) is 7.07. The third-order valence-corrected chi connectivity index (χ3v) is 6.17. The van der Waals surface area contributed by atoms with Crippen LogP contribution in [0.25, 0.3) is 0 Å². The zero-order valence-electron chi connectivity index (χ0n) is 10.7. The molecule has 4 nitrogen and oxygen atoms in total. The first-order valence-electron chi connectivity index (χ1n) is 6.42. The van der Waals surface area contributed by atoms with Crippen LogP contribution in [0.2, 0.25) is 0 Å². The lowest BCUT2D eigenvalue weighted by Crippen LogP contribution is -2.48. The second-order valence-electron chi connectivity index (χ2n) is 4.47. The van der Waals surface area contributed by atoms with Crippen LogP contribution in [0.15, 0.2) is 0 Å². The fourth-order valence-corrected chi connectivity index (χ4v) is 4.61. The van der Waals surface area contributed by atoms with Crippen molar-refractivity contribution in [2.75, 3.05) is 13.1 Å². The Morgan fingerprint density at radius 1 is 1.18 bits per heavy atom. The number of nitrogens with one attached hydrogen (secondary N) is 1. The van der Waals surface area contributed by atoms with Crippen molar-refractivity contribution in [3.8, 4) is 0 Å². The van der Waals surface area contributed by atoms with E-state index in [9.17, 15) is 8.42 Å². The maximum absolute atomic E-state index is 12.1. The molecular weight excluding hydrogens is 304 g/mol. The first-order chi connectivity index (χ1) is 8.01. The van der Waals surface area contributed by atoms with Crippen LogP contribution in [0, 0.1) is 0 Å². The molecule has 0 aromatic carbocycles. The molecule has 2 atom stereocenters. The van der Waals surface area contributed by atoms with Crippen molar-refractivity contribution in [1.29, 1.82) is 0 Å². The SMILES string of the molecule is CCN(CC)S(=O)(=O)NC1CCCCCC1Br. The molecule has 2 unspecified atom stereocenters. The van der Waals surface area contributed by atoms with E-state index in [1.807, 2.05) is 13.8 Å². The highest BCUT2D eigenvalue weighted by Gasteiger charge is 2.28. The van der Waals surface area contributed by atoms with E-state index in [0.29, 0.717) is 13.1 Å². The van der Waals surface area contributed by atoms with Gasteiger partial charge in [0.05, 0.1) is 0 Å². The van der Waals surface area contributed by atoms with E-state index < -0.39 is 10.2 Å². The van der Waals surface area contributed by atoms with Gasteiger partial charge in [0.1, 0.15) is 0 Å². The maximum atomic E-state index is 12.1. The summed E-state index contributed by atoms with van der Waals surface area (Å²) in [5.74, 6) is 0. The van der Waals surface area contributed by atoms with E-state index in [2.05, 4.69) is 20.7 Å². The first kappa shape index (κ1) is 15.4. The average molecular weight is 327 g/mol. The summed E-state index contributed by atoms with van der Waals surface area (Å²) in [6.07, 6.45) is 5.46. The van der Waals surface area contributed by atoms with Crippen LogP contribution < -0.4 is 4.72 Å². The van der Waals surface area contributed by atoms with Crippen molar-refractivity contribution in [3.05, 3.63) is 0 Å². The Hall–Kier alpha value is 0.350. The van der Waals surface area contributed by atoms with Gasteiger partial charge in [-0.1, -0.05) is 49.0 Å². The summed E-state index contributed by atoms with van der Waals surface area (Å²) in [4.78, 5) is 0.260. The summed E-state index contributed by atoms with van der Waals surface area (Å²) in [7, 11) is -3.32. The minimum atomic E-state index is -3.32. The Kier molecular flexibility index (Phi) is 6.40. The van der Waals surface area contributed by atoms with Crippen LogP contribution >= 0.6 is 15.9 Å². The van der Waals surface area contributed by atoms with Crippen molar-refractivity contribution in [2.45, 2.75) is 56.8 Å². The zero-order valence-corrected chi connectivity index (χ0v) is 13.1. The first-order valence-corrected chi connectivity index (χ1v) is 8.78. The molecule has 0 radical (unpaired) electrons. The molecule has 0 aromatic rings. The molecule has 17 heavy (non-hydrogen) atoms. The molecule has 0 saturated heterocycles. The summed E-state index contributed by atoms with van der Waals surface area (Å²) in [6, 6.07) is 0.0306. The van der Waals surface area contributed by atoms with Crippen molar-refractivity contribution >= 4 is 26.1 Å². The summed E-state index contributed by atoms with van der Waals surface area (Å²) < 4.78 is 28.5. The molecule has 1 aliphatic carbocycles. The molecular formula is C11H23BrN2O2S. The Morgan fingerprint density at radius 2 is 1.76 bits per heavy atom. The molecule has 0 spiro atoms. The summed E-state index contributed by atoms with van der Waals surface area (Å²) in [5.41, 5.74) is 0. The van der Waals surface area contributed by atoms with Crippen LogP contribution in [0.4, 0.5) is 0 Å². The third-order valence-electron chi connectivity index (χ3n) is 3.28. The standard InChI is InChI=1S/C11H23BrN2O2S/c1-3-14(4-2)17(15,16)13-11-9-7-5-6-8-10(11)12/h10-11,13H,3-9H2,1-2H3. The number of alkyl halides is 1. The van der Waals surface area contributed by atoms with Gasteiger partial charge in [-0.05, 0) is 12.8 Å². The minimum absolute atomic E-state index is 0.0306. The molecule has 0 aromatic heterocycles. The molecule has 1 aliphatic rings. The largest absolute Gasteiger partial charge is 0.279 e. The van der Waals surface area contributed by atoms with E-state index >= 15 is 0 Å². The molecule has 1 rings (SSSR count). The number of hydrogen-bond donors (Lipinski definition) is 1. The van der Waals surface area contributed by atoms with Gasteiger partial charge in [0.15, 0.2) is 0 Å². The molecule has 0 bridgehead atoms. The van der Waals surface area contributed by atoms with Gasteiger partial charge in [0, 0.05) is 24.0 Å².